The van der Waals surface area contributed by atoms with E-state index in [-0.39, 0.29) is 12.4 Å². The van der Waals surface area contributed by atoms with E-state index in [1.807, 2.05) is 78.7 Å². The lowest BCUT2D eigenvalue weighted by Crippen LogP contribution is -2.55. The molecule has 0 saturated heterocycles. The highest BCUT2D eigenvalue weighted by atomic mass is 16.5. The van der Waals surface area contributed by atoms with Crippen LogP contribution in [-0.2, 0) is 27.3 Å². The number of nitrogens with zero attached hydrogens (tertiary/aromatic N) is 4. The Morgan fingerprint density at radius 1 is 0.977 bits per heavy atom. The van der Waals surface area contributed by atoms with Crippen LogP contribution in [-0.4, -0.2) is 73.1 Å². The van der Waals surface area contributed by atoms with Crippen LogP contribution in [0.15, 0.2) is 96.3 Å². The van der Waals surface area contributed by atoms with Gasteiger partial charge in [-0.05, 0) is 61.0 Å². The summed E-state index contributed by atoms with van der Waals surface area (Å²) >= 11 is 0. The third kappa shape index (κ3) is 6.03. The Hall–Kier alpha value is -5.07. The predicted molar refractivity (Wildman–Crippen MR) is 166 cm³/mol. The van der Waals surface area contributed by atoms with E-state index in [2.05, 4.69) is 23.1 Å². The molecule has 226 valence electrons. The molecule has 2 heterocycles. The Labute approximate surface area is 258 Å². The van der Waals surface area contributed by atoms with Crippen molar-refractivity contribution in [1.29, 1.82) is 5.26 Å². The van der Waals surface area contributed by atoms with Crippen LogP contribution in [0, 0.1) is 11.3 Å². The lowest BCUT2D eigenvalue weighted by atomic mass is 9.90. The Balaban J connectivity index is 1.69. The van der Waals surface area contributed by atoms with E-state index in [0.29, 0.717) is 48.2 Å². The van der Waals surface area contributed by atoms with Gasteiger partial charge in [-0.15, -0.1) is 0 Å². The maximum absolute atomic E-state index is 13.6. The second kappa shape index (κ2) is 13.5. The first-order chi connectivity index (χ1) is 21.4. The summed E-state index contributed by atoms with van der Waals surface area (Å²) in [6.45, 7) is 2.81. The van der Waals surface area contributed by atoms with Gasteiger partial charge in [0.1, 0.15) is 17.3 Å². The fourth-order valence-corrected chi connectivity index (χ4v) is 5.91. The fraction of sp³-hybridized carbons (Fsp3) is 0.286. The minimum atomic E-state index is -1.22. The van der Waals surface area contributed by atoms with Crippen molar-refractivity contribution in [2.75, 3.05) is 34.5 Å². The number of hydrogen-bond acceptors (Lipinski definition) is 9. The molecule has 0 spiro atoms. The minimum Gasteiger partial charge on any atom is -0.497 e. The van der Waals surface area contributed by atoms with Crippen molar-refractivity contribution in [3.8, 4) is 17.6 Å². The standard InChI is InChI=1S/C35H36N4O5/c1-5-44-35(41)34-30(40)20-32-38(23-37(2)22-24-11-7-6-8-12-24)33(25-15-17-27(42-3)18-16-25)28(21-36)29(39(32)34)19-26-13-9-10-14-31(26)43-4/h6-18,20,29,34H,5,19,22-23H2,1-4H3. The van der Waals surface area contributed by atoms with E-state index in [9.17, 15) is 14.9 Å². The van der Waals surface area contributed by atoms with Crippen LogP contribution >= 0.6 is 0 Å². The number of benzene rings is 3. The molecule has 0 radical (unpaired) electrons. The maximum atomic E-state index is 13.6. The topological polar surface area (TPSA) is 95.3 Å². The number of ether oxygens (including phenoxy) is 3. The molecule has 5 rings (SSSR count). The van der Waals surface area contributed by atoms with Crippen LogP contribution in [0.1, 0.15) is 23.6 Å². The summed E-state index contributed by atoms with van der Waals surface area (Å²) in [4.78, 5) is 32.8. The predicted octanol–water partition coefficient (Wildman–Crippen LogP) is 4.61. The number of carbonyl (C=O) groups excluding carboxylic acids is 2. The number of para-hydroxylation sites is 1. The van der Waals surface area contributed by atoms with Gasteiger partial charge in [-0.25, -0.2) is 4.79 Å². The number of nitriles is 1. The largest absolute Gasteiger partial charge is 0.497 e. The Bertz CT molecular complexity index is 1610. The number of methoxy groups -OCH3 is 2. The number of ketones is 1. The molecule has 0 N–H and O–H groups in total. The van der Waals surface area contributed by atoms with Gasteiger partial charge in [0.05, 0.1) is 50.9 Å². The summed E-state index contributed by atoms with van der Waals surface area (Å²) in [6, 6.07) is 25.8. The SMILES string of the molecule is CCOC(=O)C1C(=O)C=C2N(CN(C)Cc3ccccc3)C(c3ccc(OC)cc3)=C(C#N)C(Cc3ccccc3OC)N21. The molecule has 9 heteroatoms. The molecule has 0 fully saturated rings. The Kier molecular flexibility index (Phi) is 9.32. The third-order valence-corrected chi connectivity index (χ3v) is 7.83. The van der Waals surface area contributed by atoms with E-state index in [0.717, 1.165) is 16.7 Å². The van der Waals surface area contributed by atoms with E-state index < -0.39 is 18.1 Å². The van der Waals surface area contributed by atoms with Crippen LogP contribution in [0.4, 0.5) is 0 Å². The molecule has 0 amide bonds. The van der Waals surface area contributed by atoms with Gasteiger partial charge < -0.3 is 24.0 Å². The van der Waals surface area contributed by atoms with Crippen LogP contribution in [0.5, 0.6) is 11.5 Å². The van der Waals surface area contributed by atoms with Crippen molar-refractivity contribution in [2.45, 2.75) is 32.0 Å². The van der Waals surface area contributed by atoms with Gasteiger partial charge in [-0.3, -0.25) is 9.69 Å². The normalized spacial score (nSPS) is 17.7. The molecular formula is C35H36N4O5. The van der Waals surface area contributed by atoms with Crippen molar-refractivity contribution in [3.05, 3.63) is 113 Å². The number of esters is 1. The lowest BCUT2D eigenvalue weighted by molar-refractivity contribution is -0.151. The molecule has 2 unspecified atom stereocenters. The van der Waals surface area contributed by atoms with Crippen molar-refractivity contribution in [3.63, 3.8) is 0 Å². The van der Waals surface area contributed by atoms with Crippen molar-refractivity contribution >= 4 is 17.4 Å². The van der Waals surface area contributed by atoms with Gasteiger partial charge in [0.15, 0.2) is 11.8 Å². The van der Waals surface area contributed by atoms with E-state index in [1.165, 1.54) is 6.08 Å². The zero-order chi connectivity index (χ0) is 31.2. The number of carbonyl (C=O) groups is 2. The molecule has 0 saturated carbocycles. The van der Waals surface area contributed by atoms with E-state index in [1.54, 1.807) is 26.0 Å². The molecule has 0 aromatic heterocycles. The fourth-order valence-electron chi connectivity index (χ4n) is 5.91. The summed E-state index contributed by atoms with van der Waals surface area (Å²) in [6.07, 6.45) is 1.83. The summed E-state index contributed by atoms with van der Waals surface area (Å²) < 4.78 is 16.4. The van der Waals surface area contributed by atoms with Crippen molar-refractivity contribution in [1.82, 2.24) is 14.7 Å². The van der Waals surface area contributed by atoms with Gasteiger partial charge in [0, 0.05) is 19.0 Å². The van der Waals surface area contributed by atoms with Gasteiger partial charge >= 0.3 is 5.97 Å². The highest BCUT2D eigenvalue weighted by molar-refractivity contribution is 6.11. The lowest BCUT2D eigenvalue weighted by Gasteiger charge is -2.46. The molecule has 0 aliphatic carbocycles. The van der Waals surface area contributed by atoms with Crippen LogP contribution in [0.25, 0.3) is 5.70 Å². The summed E-state index contributed by atoms with van der Waals surface area (Å²) in [5.74, 6) is 0.854. The van der Waals surface area contributed by atoms with E-state index >= 15 is 0 Å². The second-order valence-corrected chi connectivity index (χ2v) is 10.7. The molecule has 44 heavy (non-hydrogen) atoms. The van der Waals surface area contributed by atoms with Crippen molar-refractivity contribution < 1.29 is 23.8 Å². The maximum Gasteiger partial charge on any atom is 0.337 e. The van der Waals surface area contributed by atoms with Crippen LogP contribution in [0.3, 0.4) is 0 Å². The molecular weight excluding hydrogens is 556 g/mol. The highest BCUT2D eigenvalue weighted by Gasteiger charge is 2.50. The minimum absolute atomic E-state index is 0.129. The first-order valence-electron chi connectivity index (χ1n) is 14.5. The molecule has 3 aromatic rings. The summed E-state index contributed by atoms with van der Waals surface area (Å²) in [7, 11) is 5.18. The Morgan fingerprint density at radius 3 is 2.34 bits per heavy atom. The first-order valence-corrected chi connectivity index (χ1v) is 14.5. The summed E-state index contributed by atoms with van der Waals surface area (Å²) in [5.41, 5.74) is 3.84. The number of fused-ring (bicyclic) bond motifs is 1. The first kappa shape index (κ1) is 30.4. The monoisotopic (exact) mass is 592 g/mol. The van der Waals surface area contributed by atoms with Gasteiger partial charge in [0.2, 0.25) is 0 Å². The highest BCUT2D eigenvalue weighted by Crippen LogP contribution is 2.43. The molecule has 9 nitrogen and oxygen atoms in total. The van der Waals surface area contributed by atoms with Crippen LogP contribution in [0.2, 0.25) is 0 Å². The molecule has 2 aliphatic heterocycles. The third-order valence-electron chi connectivity index (χ3n) is 7.83. The number of rotatable bonds is 11. The quantitative estimate of drug-likeness (QED) is 0.234. The van der Waals surface area contributed by atoms with Crippen LogP contribution < -0.4 is 9.47 Å². The molecule has 2 aliphatic rings. The van der Waals surface area contributed by atoms with Gasteiger partial charge in [0.25, 0.3) is 0 Å². The average Bonchev–Trinajstić information content (AvgIpc) is 3.39. The molecule has 3 aromatic carbocycles. The zero-order valence-corrected chi connectivity index (χ0v) is 25.4. The van der Waals surface area contributed by atoms with Gasteiger partial charge in [-0.2, -0.15) is 5.26 Å². The second-order valence-electron chi connectivity index (χ2n) is 10.7. The zero-order valence-electron chi connectivity index (χ0n) is 25.4. The molecule has 2 atom stereocenters. The van der Waals surface area contributed by atoms with Crippen molar-refractivity contribution in [2.24, 2.45) is 0 Å². The smallest absolute Gasteiger partial charge is 0.337 e. The average molecular weight is 593 g/mol. The molecule has 0 bridgehead atoms. The van der Waals surface area contributed by atoms with E-state index in [4.69, 9.17) is 14.2 Å². The van der Waals surface area contributed by atoms with Gasteiger partial charge in [-0.1, -0.05) is 48.5 Å². The Morgan fingerprint density at radius 2 is 1.68 bits per heavy atom. The number of hydrogen-bond donors (Lipinski definition) is 0. The summed E-state index contributed by atoms with van der Waals surface area (Å²) in [5, 5.41) is 10.8.